The van der Waals surface area contributed by atoms with E-state index in [-0.39, 0.29) is 11.0 Å². The van der Waals surface area contributed by atoms with E-state index in [1.165, 1.54) is 0 Å². The largest absolute Gasteiger partial charge is 0.370 e. The van der Waals surface area contributed by atoms with Crippen molar-refractivity contribution in [2.24, 2.45) is 5.41 Å². The first-order valence-corrected chi connectivity index (χ1v) is 4.05. The standard InChI is InChI=1S/C10H16O/c1-5-6-9(2,3)7-10(4)8-11-10/h1H,6-8H2,2-4H3. The van der Waals surface area contributed by atoms with Gasteiger partial charge in [0, 0.05) is 6.42 Å². The Morgan fingerprint density at radius 2 is 2.18 bits per heavy atom. The monoisotopic (exact) mass is 152 g/mol. The zero-order chi connectivity index (χ0) is 8.54. The van der Waals surface area contributed by atoms with Crippen LogP contribution in [-0.4, -0.2) is 12.2 Å². The molecule has 0 bridgehead atoms. The molecule has 0 amide bonds. The highest BCUT2D eigenvalue weighted by atomic mass is 16.6. The summed E-state index contributed by atoms with van der Waals surface area (Å²) in [5.41, 5.74) is 0.375. The first-order chi connectivity index (χ1) is 4.97. The van der Waals surface area contributed by atoms with E-state index in [1.807, 2.05) is 0 Å². The summed E-state index contributed by atoms with van der Waals surface area (Å²) in [5, 5.41) is 0. The van der Waals surface area contributed by atoms with Gasteiger partial charge in [0.25, 0.3) is 0 Å². The van der Waals surface area contributed by atoms with Crippen LogP contribution in [0.2, 0.25) is 0 Å². The van der Waals surface area contributed by atoms with E-state index in [4.69, 9.17) is 11.2 Å². The number of epoxide rings is 1. The van der Waals surface area contributed by atoms with Gasteiger partial charge in [-0.25, -0.2) is 0 Å². The Morgan fingerprint density at radius 3 is 2.55 bits per heavy atom. The van der Waals surface area contributed by atoms with Crippen LogP contribution in [0, 0.1) is 17.8 Å². The normalized spacial score (nSPS) is 29.6. The minimum Gasteiger partial charge on any atom is -0.370 e. The molecule has 1 aliphatic heterocycles. The zero-order valence-corrected chi connectivity index (χ0v) is 7.61. The molecule has 0 spiro atoms. The molecular weight excluding hydrogens is 136 g/mol. The van der Waals surface area contributed by atoms with Gasteiger partial charge in [-0.05, 0) is 18.8 Å². The lowest BCUT2D eigenvalue weighted by molar-refractivity contribution is 0.218. The van der Waals surface area contributed by atoms with Crippen molar-refractivity contribution < 1.29 is 4.74 Å². The molecule has 1 atom stereocenters. The van der Waals surface area contributed by atoms with Gasteiger partial charge in [0.15, 0.2) is 0 Å². The fourth-order valence-electron chi connectivity index (χ4n) is 1.58. The average Bonchev–Trinajstić information content (AvgIpc) is 2.45. The maximum absolute atomic E-state index is 5.31. The summed E-state index contributed by atoms with van der Waals surface area (Å²) in [6.07, 6.45) is 7.18. The summed E-state index contributed by atoms with van der Waals surface area (Å²) in [5.74, 6) is 2.70. The van der Waals surface area contributed by atoms with Gasteiger partial charge in [-0.1, -0.05) is 13.8 Å². The first-order valence-electron chi connectivity index (χ1n) is 4.05. The predicted molar refractivity (Wildman–Crippen MR) is 46.2 cm³/mol. The third-order valence-corrected chi connectivity index (χ3v) is 2.07. The Bertz CT molecular complexity index is 182. The molecule has 0 aromatic carbocycles. The van der Waals surface area contributed by atoms with Crippen molar-refractivity contribution in [2.45, 2.75) is 39.2 Å². The third kappa shape index (κ3) is 2.55. The molecule has 62 valence electrons. The second-order valence-corrected chi connectivity index (χ2v) is 4.46. The van der Waals surface area contributed by atoms with Crippen molar-refractivity contribution in [3.05, 3.63) is 0 Å². The molecule has 1 unspecified atom stereocenters. The highest BCUT2D eigenvalue weighted by Gasteiger charge is 2.43. The number of hydrogen-bond acceptors (Lipinski definition) is 1. The molecule has 0 aliphatic carbocycles. The predicted octanol–water partition coefficient (Wildman–Crippen LogP) is 2.21. The molecule has 0 N–H and O–H groups in total. The van der Waals surface area contributed by atoms with Crippen LogP contribution in [0.1, 0.15) is 33.6 Å². The number of terminal acetylenes is 1. The van der Waals surface area contributed by atoms with Gasteiger partial charge in [0.2, 0.25) is 0 Å². The van der Waals surface area contributed by atoms with Gasteiger partial charge in [-0.2, -0.15) is 0 Å². The molecule has 1 nitrogen and oxygen atoms in total. The van der Waals surface area contributed by atoms with Crippen molar-refractivity contribution in [3.63, 3.8) is 0 Å². The highest BCUT2D eigenvalue weighted by molar-refractivity contribution is 4.97. The molecule has 1 heteroatoms. The molecule has 0 saturated carbocycles. The van der Waals surface area contributed by atoms with E-state index >= 15 is 0 Å². The van der Waals surface area contributed by atoms with Crippen LogP contribution >= 0.6 is 0 Å². The number of hydrogen-bond donors (Lipinski definition) is 0. The molecule has 1 fully saturated rings. The minimum absolute atomic E-state index is 0.139. The van der Waals surface area contributed by atoms with Crippen LogP contribution in [0.25, 0.3) is 0 Å². The van der Waals surface area contributed by atoms with Crippen LogP contribution in [0.15, 0.2) is 0 Å². The minimum atomic E-state index is 0.139. The lowest BCUT2D eigenvalue weighted by Crippen LogP contribution is -2.20. The van der Waals surface area contributed by atoms with E-state index in [9.17, 15) is 0 Å². The van der Waals surface area contributed by atoms with Gasteiger partial charge in [0.1, 0.15) is 0 Å². The lowest BCUT2D eigenvalue weighted by Gasteiger charge is -2.23. The second-order valence-electron chi connectivity index (χ2n) is 4.46. The molecule has 1 heterocycles. The quantitative estimate of drug-likeness (QED) is 0.446. The SMILES string of the molecule is C#CCC(C)(C)CC1(C)CO1. The number of rotatable bonds is 3. The fourth-order valence-corrected chi connectivity index (χ4v) is 1.58. The molecule has 1 saturated heterocycles. The average molecular weight is 152 g/mol. The summed E-state index contributed by atoms with van der Waals surface area (Å²) >= 11 is 0. The van der Waals surface area contributed by atoms with E-state index in [0.29, 0.717) is 0 Å². The van der Waals surface area contributed by atoms with E-state index in [2.05, 4.69) is 26.7 Å². The Balaban J connectivity index is 2.40. The van der Waals surface area contributed by atoms with Gasteiger partial charge >= 0.3 is 0 Å². The molecule has 0 aromatic rings. The maximum Gasteiger partial charge on any atom is 0.0894 e. The summed E-state index contributed by atoms with van der Waals surface area (Å²) < 4.78 is 5.31. The van der Waals surface area contributed by atoms with Crippen molar-refractivity contribution >= 4 is 0 Å². The summed E-state index contributed by atoms with van der Waals surface area (Å²) in [6.45, 7) is 7.44. The topological polar surface area (TPSA) is 12.5 Å². The summed E-state index contributed by atoms with van der Waals surface area (Å²) in [4.78, 5) is 0. The van der Waals surface area contributed by atoms with Crippen LogP contribution in [0.4, 0.5) is 0 Å². The van der Waals surface area contributed by atoms with Crippen molar-refractivity contribution in [2.75, 3.05) is 6.61 Å². The van der Waals surface area contributed by atoms with Crippen molar-refractivity contribution in [1.82, 2.24) is 0 Å². The molecular formula is C10H16O. The molecule has 1 rings (SSSR count). The fraction of sp³-hybridized carbons (Fsp3) is 0.800. The van der Waals surface area contributed by atoms with Crippen LogP contribution in [-0.2, 0) is 4.74 Å². The molecule has 11 heavy (non-hydrogen) atoms. The molecule has 0 aromatic heterocycles. The highest BCUT2D eigenvalue weighted by Crippen LogP contribution is 2.40. The van der Waals surface area contributed by atoms with Gasteiger partial charge in [-0.15, -0.1) is 12.3 Å². The van der Waals surface area contributed by atoms with Crippen molar-refractivity contribution in [1.29, 1.82) is 0 Å². The Kier molecular flexibility index (Phi) is 1.98. The van der Waals surface area contributed by atoms with E-state index in [1.54, 1.807) is 0 Å². The van der Waals surface area contributed by atoms with E-state index in [0.717, 1.165) is 19.4 Å². The Labute approximate surface area is 69.1 Å². The third-order valence-electron chi connectivity index (χ3n) is 2.07. The molecule has 0 radical (unpaired) electrons. The lowest BCUT2D eigenvalue weighted by atomic mass is 9.81. The summed E-state index contributed by atoms with van der Waals surface area (Å²) in [7, 11) is 0. The number of ether oxygens (including phenoxy) is 1. The Morgan fingerprint density at radius 1 is 1.64 bits per heavy atom. The van der Waals surface area contributed by atoms with Crippen molar-refractivity contribution in [3.8, 4) is 12.3 Å². The van der Waals surface area contributed by atoms with Gasteiger partial charge in [-0.3, -0.25) is 0 Å². The first kappa shape index (κ1) is 8.62. The maximum atomic E-state index is 5.31. The van der Waals surface area contributed by atoms with Crippen LogP contribution in [0.5, 0.6) is 0 Å². The van der Waals surface area contributed by atoms with Crippen LogP contribution < -0.4 is 0 Å². The van der Waals surface area contributed by atoms with Gasteiger partial charge in [0.05, 0.1) is 12.2 Å². The zero-order valence-electron chi connectivity index (χ0n) is 7.61. The molecule has 1 aliphatic rings. The van der Waals surface area contributed by atoms with Crippen LogP contribution in [0.3, 0.4) is 0 Å². The van der Waals surface area contributed by atoms with E-state index < -0.39 is 0 Å². The smallest absolute Gasteiger partial charge is 0.0894 e. The second kappa shape index (κ2) is 2.53. The Hall–Kier alpha value is -0.480. The summed E-state index contributed by atoms with van der Waals surface area (Å²) in [6, 6.07) is 0. The van der Waals surface area contributed by atoms with Gasteiger partial charge < -0.3 is 4.74 Å².